The molecule has 0 unspecified atom stereocenters. The van der Waals surface area contributed by atoms with E-state index in [9.17, 15) is 27.6 Å². The molecule has 1 aromatic carbocycles. The van der Waals surface area contributed by atoms with Crippen LogP contribution in [0.2, 0.25) is 0 Å². The van der Waals surface area contributed by atoms with Gasteiger partial charge in [-0.15, -0.1) is 0 Å². The van der Waals surface area contributed by atoms with E-state index in [4.69, 9.17) is 0 Å². The van der Waals surface area contributed by atoms with Gasteiger partial charge in [0.15, 0.2) is 11.2 Å². The number of rotatable bonds is 5. The van der Waals surface area contributed by atoms with Gasteiger partial charge in [-0.1, -0.05) is 11.8 Å². The molecule has 6 rings (SSSR count). The van der Waals surface area contributed by atoms with Gasteiger partial charge < -0.3 is 15.2 Å². The third-order valence-electron chi connectivity index (χ3n) is 7.31. The van der Waals surface area contributed by atoms with Gasteiger partial charge in [-0.3, -0.25) is 23.5 Å². The van der Waals surface area contributed by atoms with Crippen molar-refractivity contribution in [2.45, 2.75) is 43.9 Å². The fourth-order valence-corrected chi connectivity index (χ4v) is 5.89. The number of amides is 2. The number of nitrogens with zero attached hydrogens (tertiary/aromatic N) is 5. The number of hydrogen-bond acceptors (Lipinski definition) is 7. The zero-order chi connectivity index (χ0) is 28.3. The summed E-state index contributed by atoms with van der Waals surface area (Å²) in [6.45, 7) is 0.198. The number of imidazole rings is 1. The molecule has 0 radical (unpaired) electrons. The second-order valence-corrected chi connectivity index (χ2v) is 12.3. The van der Waals surface area contributed by atoms with Crippen LogP contribution in [0, 0.1) is 23.7 Å². The highest BCUT2D eigenvalue weighted by molar-refractivity contribution is 7.89. The monoisotopic (exact) mass is 565 g/mol. The van der Waals surface area contributed by atoms with Crippen LogP contribution in [-0.2, 0) is 39.7 Å². The zero-order valence-corrected chi connectivity index (χ0v) is 22.7. The van der Waals surface area contributed by atoms with Gasteiger partial charge >= 0.3 is 5.69 Å². The van der Waals surface area contributed by atoms with E-state index >= 15 is 0 Å². The predicted molar refractivity (Wildman–Crippen MR) is 145 cm³/mol. The topological polar surface area (TPSA) is 157 Å². The van der Waals surface area contributed by atoms with Crippen LogP contribution in [0.15, 0.2) is 32.9 Å². The molecule has 0 atom stereocenters. The summed E-state index contributed by atoms with van der Waals surface area (Å²) in [7, 11) is -1.18. The maximum absolute atomic E-state index is 13.0. The van der Waals surface area contributed by atoms with Crippen molar-refractivity contribution in [3.63, 3.8) is 0 Å². The molecule has 40 heavy (non-hydrogen) atoms. The summed E-state index contributed by atoms with van der Waals surface area (Å²) in [6, 6.07) is 5.04. The highest BCUT2D eigenvalue weighted by atomic mass is 32.2. The van der Waals surface area contributed by atoms with E-state index in [1.54, 1.807) is 18.2 Å². The first kappa shape index (κ1) is 26.0. The number of carbonyl (C=O) groups is 2. The third-order valence-corrected chi connectivity index (χ3v) is 9.09. The maximum Gasteiger partial charge on any atom is 0.333 e. The lowest BCUT2D eigenvalue weighted by Gasteiger charge is -2.23. The minimum absolute atomic E-state index is 0.0115. The number of likely N-dealkylation sites (N-methyl/N-ethyl adjacent to an activating group) is 1. The SMILES string of the molecule is CN1CCn2c(nc3c2c(=O)n(C)c(=O)n3CC#Cc2cc(NC(=O)C3CC3)cc(NC(=O)C3CC3)c2)S1(=O)=O. The minimum Gasteiger partial charge on any atom is -0.326 e. The summed E-state index contributed by atoms with van der Waals surface area (Å²) in [6.07, 6.45) is 3.37. The fraction of sp³-hybridized carbons (Fsp3) is 0.423. The normalized spacial score (nSPS) is 18.1. The first-order valence-corrected chi connectivity index (χ1v) is 14.4. The Morgan fingerprint density at radius 1 is 0.975 bits per heavy atom. The Labute approximate surface area is 228 Å². The van der Waals surface area contributed by atoms with Crippen molar-refractivity contribution in [2.24, 2.45) is 18.9 Å². The molecular formula is C26H27N7O6S. The molecule has 208 valence electrons. The van der Waals surface area contributed by atoms with Crippen LogP contribution in [0.25, 0.3) is 11.2 Å². The van der Waals surface area contributed by atoms with E-state index in [1.807, 2.05) is 0 Å². The Kier molecular flexibility index (Phi) is 6.15. The molecule has 1 aliphatic heterocycles. The molecule has 3 aliphatic rings. The van der Waals surface area contributed by atoms with Crippen molar-refractivity contribution < 1.29 is 18.0 Å². The van der Waals surface area contributed by atoms with E-state index in [1.165, 1.54) is 23.2 Å². The van der Waals surface area contributed by atoms with Crippen LogP contribution in [-0.4, -0.2) is 56.8 Å². The zero-order valence-electron chi connectivity index (χ0n) is 21.9. The molecule has 0 saturated heterocycles. The Morgan fingerprint density at radius 2 is 1.57 bits per heavy atom. The Hall–Kier alpha value is -4.22. The van der Waals surface area contributed by atoms with E-state index in [2.05, 4.69) is 27.5 Å². The van der Waals surface area contributed by atoms with Crippen LogP contribution >= 0.6 is 0 Å². The Balaban J connectivity index is 1.37. The van der Waals surface area contributed by atoms with Gasteiger partial charge in [0.25, 0.3) is 15.6 Å². The van der Waals surface area contributed by atoms with E-state index in [0.29, 0.717) is 16.9 Å². The van der Waals surface area contributed by atoms with Crippen LogP contribution in [0.5, 0.6) is 0 Å². The molecule has 3 heterocycles. The first-order chi connectivity index (χ1) is 19.0. The molecule has 2 N–H and O–H groups in total. The molecule has 2 aromatic heterocycles. The number of hydrogen-bond donors (Lipinski definition) is 2. The molecule has 3 aromatic rings. The smallest absolute Gasteiger partial charge is 0.326 e. The number of benzene rings is 1. The molecule has 0 bridgehead atoms. The summed E-state index contributed by atoms with van der Waals surface area (Å²) in [5.41, 5.74) is 0.112. The summed E-state index contributed by atoms with van der Waals surface area (Å²) in [4.78, 5) is 54.9. The van der Waals surface area contributed by atoms with Crippen LogP contribution < -0.4 is 21.9 Å². The number of carbonyl (C=O) groups excluding carboxylic acids is 2. The van der Waals surface area contributed by atoms with Gasteiger partial charge in [0.05, 0.1) is 6.54 Å². The average molecular weight is 566 g/mol. The van der Waals surface area contributed by atoms with Crippen molar-refractivity contribution in [3.05, 3.63) is 44.6 Å². The van der Waals surface area contributed by atoms with Crippen molar-refractivity contribution in [2.75, 3.05) is 24.2 Å². The van der Waals surface area contributed by atoms with Gasteiger partial charge in [0.2, 0.25) is 17.0 Å². The summed E-state index contributed by atoms with van der Waals surface area (Å²) >= 11 is 0. The molecule has 13 nitrogen and oxygen atoms in total. The lowest BCUT2D eigenvalue weighted by Crippen LogP contribution is -2.40. The molecular weight excluding hydrogens is 538 g/mol. The average Bonchev–Trinajstić information content (AvgIpc) is 3.83. The highest BCUT2D eigenvalue weighted by Gasteiger charge is 2.35. The quantitative estimate of drug-likeness (QED) is 0.421. The maximum atomic E-state index is 13.0. The van der Waals surface area contributed by atoms with Crippen LogP contribution in [0.4, 0.5) is 11.4 Å². The summed E-state index contributed by atoms with van der Waals surface area (Å²) in [5, 5.41) is 5.45. The molecule has 2 fully saturated rings. The van der Waals surface area contributed by atoms with Gasteiger partial charge in [0, 0.05) is 56.0 Å². The van der Waals surface area contributed by atoms with E-state index in [-0.39, 0.29) is 59.6 Å². The van der Waals surface area contributed by atoms with E-state index in [0.717, 1.165) is 34.6 Å². The van der Waals surface area contributed by atoms with Gasteiger partial charge in [-0.25, -0.2) is 13.2 Å². The predicted octanol–water partition coefficient (Wildman–Crippen LogP) is 0.280. The lowest BCUT2D eigenvalue weighted by atomic mass is 10.1. The fourth-order valence-electron chi connectivity index (χ4n) is 4.63. The minimum atomic E-state index is -3.92. The summed E-state index contributed by atoms with van der Waals surface area (Å²) in [5.74, 6) is 5.66. The largest absolute Gasteiger partial charge is 0.333 e. The van der Waals surface area contributed by atoms with Crippen molar-refractivity contribution >= 4 is 44.4 Å². The third kappa shape index (κ3) is 4.61. The molecule has 14 heteroatoms. The van der Waals surface area contributed by atoms with Gasteiger partial charge in [-0.05, 0) is 43.9 Å². The van der Waals surface area contributed by atoms with Crippen LogP contribution in [0.3, 0.4) is 0 Å². The highest BCUT2D eigenvalue weighted by Crippen LogP contribution is 2.32. The standard InChI is InChI=1S/C26H27N7O6S/c1-30-10-11-32-20-21(29-25(32)40(30,38)39)33(26(37)31(2)24(20)36)9-3-4-15-12-18(27-22(34)16-5-6-16)14-19(13-15)28-23(35)17-7-8-17/h12-14,16-17H,5-11H2,1-2H3,(H,27,34)(H,28,35). The second kappa shape index (κ2) is 9.46. The van der Waals surface area contributed by atoms with Crippen LogP contribution in [0.1, 0.15) is 31.2 Å². The number of aromatic nitrogens is 4. The number of anilines is 2. The van der Waals surface area contributed by atoms with Crippen molar-refractivity contribution in [3.8, 4) is 11.8 Å². The van der Waals surface area contributed by atoms with E-state index < -0.39 is 21.3 Å². The number of fused-ring (bicyclic) bond motifs is 3. The Morgan fingerprint density at radius 3 is 2.15 bits per heavy atom. The summed E-state index contributed by atoms with van der Waals surface area (Å²) < 4.78 is 30.2. The number of nitrogens with one attached hydrogen (secondary N) is 2. The molecule has 2 saturated carbocycles. The van der Waals surface area contributed by atoms with Gasteiger partial charge in [-0.2, -0.15) is 9.29 Å². The molecule has 2 amide bonds. The van der Waals surface area contributed by atoms with Crippen molar-refractivity contribution in [1.82, 2.24) is 23.0 Å². The number of sulfonamides is 1. The van der Waals surface area contributed by atoms with Gasteiger partial charge in [0.1, 0.15) is 0 Å². The molecule has 0 spiro atoms. The first-order valence-electron chi connectivity index (χ1n) is 13.0. The molecule has 2 aliphatic carbocycles. The van der Waals surface area contributed by atoms with Crippen molar-refractivity contribution in [1.29, 1.82) is 0 Å². The lowest BCUT2D eigenvalue weighted by molar-refractivity contribution is -0.118. The second-order valence-electron chi connectivity index (χ2n) is 10.4. The Bertz CT molecular complexity index is 1840.